The van der Waals surface area contributed by atoms with Crippen molar-refractivity contribution in [3.8, 4) is 0 Å². The molecule has 8 heteroatoms. The third kappa shape index (κ3) is 5.32. The van der Waals surface area contributed by atoms with Crippen molar-refractivity contribution in [2.24, 2.45) is 0 Å². The van der Waals surface area contributed by atoms with Gasteiger partial charge in [0.15, 0.2) is 0 Å². The number of rotatable bonds is 8. The molecule has 40 heavy (non-hydrogen) atoms. The molecule has 204 valence electrons. The van der Waals surface area contributed by atoms with Gasteiger partial charge in [0.25, 0.3) is 5.91 Å². The average molecular weight is 587 g/mol. The number of aryl methyl sites for hydroxylation is 2. The summed E-state index contributed by atoms with van der Waals surface area (Å²) in [6.45, 7) is -0.408. The molecular weight excluding hydrogens is 557 g/mol. The molecular formula is C32H30N2O3S3. The third-order valence-corrected chi connectivity index (χ3v) is 10.2. The first-order chi connectivity index (χ1) is 19.4. The molecule has 2 fully saturated rings. The van der Waals surface area contributed by atoms with E-state index in [2.05, 4.69) is 71.8 Å². The first kappa shape index (κ1) is 27.1. The second kappa shape index (κ2) is 11.4. The molecule has 2 heterocycles. The van der Waals surface area contributed by atoms with E-state index in [4.69, 9.17) is 17.3 Å². The van der Waals surface area contributed by atoms with Gasteiger partial charge in [-0.3, -0.25) is 14.5 Å². The molecule has 1 amide bonds. The summed E-state index contributed by atoms with van der Waals surface area (Å²) in [5, 5.41) is 9.11. The summed E-state index contributed by atoms with van der Waals surface area (Å²) < 4.78 is 0.291. The minimum atomic E-state index is -1.07. The predicted molar refractivity (Wildman–Crippen MR) is 169 cm³/mol. The molecule has 6 rings (SSSR count). The molecule has 0 bridgehead atoms. The maximum atomic E-state index is 12.8. The van der Waals surface area contributed by atoms with Crippen LogP contribution in [0.2, 0.25) is 0 Å². The highest BCUT2D eigenvalue weighted by Gasteiger charge is 2.42. The summed E-state index contributed by atoms with van der Waals surface area (Å²) in [5.41, 5.74) is 7.45. The number of nitrogens with zero attached hydrogens (tertiary/aromatic N) is 2. The van der Waals surface area contributed by atoms with Crippen LogP contribution in [-0.4, -0.2) is 45.0 Å². The number of thioether (sulfide) groups is 2. The van der Waals surface area contributed by atoms with Gasteiger partial charge in [-0.1, -0.05) is 60.7 Å². The van der Waals surface area contributed by atoms with Crippen LogP contribution >= 0.6 is 35.7 Å². The maximum absolute atomic E-state index is 12.8. The Morgan fingerprint density at radius 1 is 1.05 bits per heavy atom. The van der Waals surface area contributed by atoms with Crippen LogP contribution in [0.4, 0.5) is 11.4 Å². The fourth-order valence-electron chi connectivity index (χ4n) is 6.13. The van der Waals surface area contributed by atoms with Crippen LogP contribution in [0.1, 0.15) is 47.4 Å². The highest BCUT2D eigenvalue weighted by atomic mass is 32.2. The van der Waals surface area contributed by atoms with Gasteiger partial charge in [0, 0.05) is 28.2 Å². The number of carbonyl (C=O) groups excluding carboxylic acids is 1. The number of fused-ring (bicyclic) bond motifs is 3. The fourth-order valence-corrected chi connectivity index (χ4v) is 7.79. The lowest BCUT2D eigenvalue weighted by molar-refractivity contribution is -0.140. The SMILES string of the molecule is CSc1ccc(CCc2ccc(N3c4ccc(/C=C5\SC(=S)N(CC(=O)O)C5=O)cc4C4CCCC43)cc2)cc1. The Bertz CT molecular complexity index is 1500. The van der Waals surface area contributed by atoms with E-state index in [0.29, 0.717) is 21.2 Å². The zero-order chi connectivity index (χ0) is 27.8. The molecule has 1 saturated heterocycles. The Kier molecular flexibility index (Phi) is 7.75. The number of aliphatic carboxylic acids is 1. The van der Waals surface area contributed by atoms with Crippen LogP contribution in [-0.2, 0) is 22.4 Å². The first-order valence-electron chi connectivity index (χ1n) is 13.5. The monoisotopic (exact) mass is 586 g/mol. The average Bonchev–Trinajstić information content (AvgIpc) is 3.62. The van der Waals surface area contributed by atoms with Gasteiger partial charge in [0.2, 0.25) is 0 Å². The van der Waals surface area contributed by atoms with E-state index >= 15 is 0 Å². The number of thiocarbonyl (C=S) groups is 1. The van der Waals surface area contributed by atoms with Gasteiger partial charge in [0.05, 0.1) is 4.91 Å². The molecule has 1 N–H and O–H groups in total. The number of hydrogen-bond donors (Lipinski definition) is 1. The minimum absolute atomic E-state index is 0.291. The van der Waals surface area contributed by atoms with Gasteiger partial charge in [-0.15, -0.1) is 11.8 Å². The van der Waals surface area contributed by atoms with Crippen molar-refractivity contribution in [3.63, 3.8) is 0 Å². The molecule has 3 aromatic carbocycles. The van der Waals surface area contributed by atoms with Crippen molar-refractivity contribution in [3.05, 3.63) is 93.9 Å². The van der Waals surface area contributed by atoms with E-state index in [1.165, 1.54) is 51.1 Å². The smallest absolute Gasteiger partial charge is 0.323 e. The standard InChI is InChI=1S/C32H30N2O3S3/c1-39-24-14-9-21(10-15-24)6-5-20-7-12-23(13-8-20)34-27-4-2-3-25(27)26-17-22(11-16-28(26)34)18-29-31(37)33(19-30(35)36)32(38)40-29/h7-18,25,27H,2-6,19H2,1H3,(H,35,36)/b29-18-. The number of amides is 1. The third-order valence-electron chi connectivity index (χ3n) is 8.06. The maximum Gasteiger partial charge on any atom is 0.323 e. The lowest BCUT2D eigenvalue weighted by Crippen LogP contribution is -2.33. The molecule has 2 aliphatic heterocycles. The Hall–Kier alpha value is -3.07. The van der Waals surface area contributed by atoms with Crippen LogP contribution in [0.3, 0.4) is 0 Å². The summed E-state index contributed by atoms with van der Waals surface area (Å²) in [6, 6.07) is 24.8. The van der Waals surface area contributed by atoms with E-state index in [-0.39, 0.29) is 5.91 Å². The number of hydrogen-bond acceptors (Lipinski definition) is 6. The topological polar surface area (TPSA) is 60.9 Å². The molecule has 3 aliphatic rings. The first-order valence-corrected chi connectivity index (χ1v) is 16.0. The van der Waals surface area contributed by atoms with Crippen molar-refractivity contribution in [2.75, 3.05) is 17.7 Å². The van der Waals surface area contributed by atoms with Crippen LogP contribution < -0.4 is 4.90 Å². The number of anilines is 2. The second-order valence-electron chi connectivity index (χ2n) is 10.5. The van der Waals surface area contributed by atoms with Crippen molar-refractivity contribution in [2.45, 2.75) is 49.0 Å². The Morgan fingerprint density at radius 2 is 1.75 bits per heavy atom. The van der Waals surface area contributed by atoms with Crippen molar-refractivity contribution < 1.29 is 14.7 Å². The number of carbonyl (C=O) groups is 2. The van der Waals surface area contributed by atoms with Crippen LogP contribution in [0.25, 0.3) is 6.08 Å². The van der Waals surface area contributed by atoms with Crippen molar-refractivity contribution >= 4 is 69.4 Å². The van der Waals surface area contributed by atoms with E-state index in [1.54, 1.807) is 11.8 Å². The van der Waals surface area contributed by atoms with E-state index < -0.39 is 12.5 Å². The Balaban J connectivity index is 1.20. The molecule has 5 nitrogen and oxygen atoms in total. The number of benzene rings is 3. The van der Waals surface area contributed by atoms with Crippen molar-refractivity contribution in [1.82, 2.24) is 4.90 Å². The summed E-state index contributed by atoms with van der Waals surface area (Å²) in [4.78, 5) is 29.3. The highest BCUT2D eigenvalue weighted by molar-refractivity contribution is 8.26. The molecule has 2 unspecified atom stereocenters. The minimum Gasteiger partial charge on any atom is -0.480 e. The molecule has 0 radical (unpaired) electrons. The van der Waals surface area contributed by atoms with Gasteiger partial charge in [-0.25, -0.2) is 0 Å². The summed E-state index contributed by atoms with van der Waals surface area (Å²) in [7, 11) is 0. The lowest BCUT2D eigenvalue weighted by Gasteiger charge is -2.27. The second-order valence-corrected chi connectivity index (χ2v) is 13.0. The number of carboxylic acid groups (broad SMARTS) is 1. The zero-order valence-electron chi connectivity index (χ0n) is 22.2. The Morgan fingerprint density at radius 3 is 2.42 bits per heavy atom. The van der Waals surface area contributed by atoms with E-state index in [9.17, 15) is 9.59 Å². The van der Waals surface area contributed by atoms with Gasteiger partial charge >= 0.3 is 5.97 Å². The zero-order valence-corrected chi connectivity index (χ0v) is 24.7. The van der Waals surface area contributed by atoms with Crippen LogP contribution in [0.5, 0.6) is 0 Å². The van der Waals surface area contributed by atoms with Crippen LogP contribution in [0, 0.1) is 0 Å². The van der Waals surface area contributed by atoms with Gasteiger partial charge in [-0.2, -0.15) is 0 Å². The van der Waals surface area contributed by atoms with Gasteiger partial charge in [0.1, 0.15) is 10.9 Å². The largest absolute Gasteiger partial charge is 0.480 e. The molecule has 0 spiro atoms. The summed E-state index contributed by atoms with van der Waals surface area (Å²) in [5.74, 6) is -0.944. The van der Waals surface area contributed by atoms with Gasteiger partial charge in [-0.05, 0) is 96.7 Å². The molecule has 2 atom stereocenters. The number of carboxylic acids is 1. The predicted octanol–water partition coefficient (Wildman–Crippen LogP) is 7.27. The van der Waals surface area contributed by atoms with Gasteiger partial charge < -0.3 is 10.0 Å². The highest BCUT2D eigenvalue weighted by Crippen LogP contribution is 2.52. The lowest BCUT2D eigenvalue weighted by atomic mass is 9.96. The molecule has 1 saturated carbocycles. The fraction of sp³-hybridized carbons (Fsp3) is 0.281. The summed E-state index contributed by atoms with van der Waals surface area (Å²) >= 11 is 8.19. The Labute approximate surface area is 248 Å². The molecule has 0 aromatic heterocycles. The molecule has 3 aromatic rings. The van der Waals surface area contributed by atoms with Crippen LogP contribution in [0.15, 0.2) is 76.5 Å². The summed E-state index contributed by atoms with van der Waals surface area (Å²) in [6.07, 6.45) is 9.52. The van der Waals surface area contributed by atoms with E-state index in [0.717, 1.165) is 36.1 Å². The quantitative estimate of drug-likeness (QED) is 0.169. The van der Waals surface area contributed by atoms with Crippen molar-refractivity contribution in [1.29, 1.82) is 0 Å². The van der Waals surface area contributed by atoms with E-state index in [1.807, 2.05) is 12.1 Å². The normalized spacial score (nSPS) is 20.9. The molecule has 1 aliphatic carbocycles.